The third-order valence-electron chi connectivity index (χ3n) is 4.70. The Morgan fingerprint density at radius 3 is 2.13 bits per heavy atom. The lowest BCUT2D eigenvalue weighted by molar-refractivity contribution is -0.122. The number of imide groups is 2. The van der Waals surface area contributed by atoms with E-state index in [2.05, 4.69) is 5.32 Å². The second-order valence-corrected chi connectivity index (χ2v) is 8.45. The SMILES string of the molecule is Cc1ccccc1N1C(=O)NC(=O)/C(=C\c2ccc(Sc3ccc(Cl)cc3)cc2)C1=O. The van der Waals surface area contributed by atoms with Crippen molar-refractivity contribution in [1.82, 2.24) is 5.32 Å². The van der Waals surface area contributed by atoms with Gasteiger partial charge >= 0.3 is 6.03 Å². The van der Waals surface area contributed by atoms with E-state index in [9.17, 15) is 14.4 Å². The van der Waals surface area contributed by atoms with Crippen LogP contribution in [0.1, 0.15) is 11.1 Å². The van der Waals surface area contributed by atoms with Crippen LogP contribution in [0.25, 0.3) is 6.08 Å². The second kappa shape index (κ2) is 8.79. The predicted octanol–water partition coefficient (Wildman–Crippen LogP) is 5.47. The van der Waals surface area contributed by atoms with Crippen molar-refractivity contribution in [3.05, 3.63) is 94.5 Å². The Balaban J connectivity index is 1.58. The highest BCUT2D eigenvalue weighted by molar-refractivity contribution is 7.99. The van der Waals surface area contributed by atoms with Gasteiger partial charge in [0.1, 0.15) is 5.57 Å². The molecule has 31 heavy (non-hydrogen) atoms. The number of nitrogens with one attached hydrogen (secondary N) is 1. The Kier molecular flexibility index (Phi) is 5.93. The fourth-order valence-corrected chi connectivity index (χ4v) is 4.07. The Labute approximate surface area is 188 Å². The summed E-state index contributed by atoms with van der Waals surface area (Å²) in [5.41, 5.74) is 1.78. The monoisotopic (exact) mass is 448 g/mol. The van der Waals surface area contributed by atoms with Crippen molar-refractivity contribution >= 4 is 53.0 Å². The number of carbonyl (C=O) groups excluding carboxylic acids is 3. The number of carbonyl (C=O) groups is 3. The Hall–Kier alpha value is -3.35. The summed E-state index contributed by atoms with van der Waals surface area (Å²) in [6.45, 7) is 1.80. The van der Waals surface area contributed by atoms with E-state index in [0.717, 1.165) is 20.3 Å². The number of barbiturate groups is 1. The summed E-state index contributed by atoms with van der Waals surface area (Å²) in [7, 11) is 0. The van der Waals surface area contributed by atoms with Gasteiger partial charge in [0.15, 0.2) is 0 Å². The number of amides is 4. The lowest BCUT2D eigenvalue weighted by Gasteiger charge is -2.27. The van der Waals surface area contributed by atoms with Crippen LogP contribution in [0.15, 0.2) is 88.2 Å². The van der Waals surface area contributed by atoms with Gasteiger partial charge in [-0.05, 0) is 66.6 Å². The van der Waals surface area contributed by atoms with Gasteiger partial charge in [0, 0.05) is 14.8 Å². The summed E-state index contributed by atoms with van der Waals surface area (Å²) >= 11 is 7.49. The highest BCUT2D eigenvalue weighted by Crippen LogP contribution is 2.29. The minimum absolute atomic E-state index is 0.0963. The minimum atomic E-state index is -0.754. The fraction of sp³-hybridized carbons (Fsp3) is 0.0417. The maximum Gasteiger partial charge on any atom is 0.335 e. The summed E-state index contributed by atoms with van der Waals surface area (Å²) in [6, 6.07) is 21.2. The van der Waals surface area contributed by atoms with Crippen molar-refractivity contribution in [3.8, 4) is 0 Å². The molecule has 1 heterocycles. The van der Waals surface area contributed by atoms with Gasteiger partial charge in [-0.15, -0.1) is 0 Å². The number of nitrogens with zero attached hydrogens (tertiary/aromatic N) is 1. The highest BCUT2D eigenvalue weighted by Gasteiger charge is 2.37. The zero-order valence-corrected chi connectivity index (χ0v) is 18.0. The molecule has 1 saturated heterocycles. The molecule has 0 atom stereocenters. The zero-order valence-electron chi connectivity index (χ0n) is 16.5. The molecule has 1 aliphatic rings. The van der Waals surface area contributed by atoms with E-state index in [0.29, 0.717) is 16.3 Å². The summed E-state index contributed by atoms with van der Waals surface area (Å²) < 4.78 is 0. The molecule has 1 fully saturated rings. The van der Waals surface area contributed by atoms with Crippen molar-refractivity contribution < 1.29 is 14.4 Å². The van der Waals surface area contributed by atoms with Crippen LogP contribution < -0.4 is 10.2 Å². The van der Waals surface area contributed by atoms with Crippen LogP contribution in [0, 0.1) is 6.92 Å². The van der Waals surface area contributed by atoms with E-state index < -0.39 is 17.8 Å². The number of rotatable bonds is 4. The number of aryl methyl sites for hydroxylation is 1. The Morgan fingerprint density at radius 1 is 0.871 bits per heavy atom. The molecule has 1 N–H and O–H groups in total. The Morgan fingerprint density at radius 2 is 1.48 bits per heavy atom. The second-order valence-electron chi connectivity index (χ2n) is 6.87. The molecule has 0 spiro atoms. The van der Waals surface area contributed by atoms with Gasteiger partial charge in [-0.1, -0.05) is 53.7 Å². The number of halogens is 1. The van der Waals surface area contributed by atoms with Crippen LogP contribution >= 0.6 is 23.4 Å². The van der Waals surface area contributed by atoms with Crippen LogP contribution in [0.4, 0.5) is 10.5 Å². The molecule has 3 aromatic carbocycles. The van der Waals surface area contributed by atoms with Crippen molar-refractivity contribution in [2.45, 2.75) is 16.7 Å². The van der Waals surface area contributed by atoms with E-state index in [1.165, 1.54) is 6.08 Å². The molecule has 0 aliphatic carbocycles. The predicted molar refractivity (Wildman–Crippen MR) is 122 cm³/mol. The molecule has 1 aliphatic heterocycles. The molecular formula is C24H17ClN2O3S. The smallest absolute Gasteiger partial charge is 0.273 e. The number of anilines is 1. The van der Waals surface area contributed by atoms with E-state index in [4.69, 9.17) is 11.6 Å². The van der Waals surface area contributed by atoms with Gasteiger partial charge < -0.3 is 0 Å². The molecule has 0 aromatic heterocycles. The molecule has 4 amide bonds. The molecule has 3 aromatic rings. The maximum atomic E-state index is 13.0. The van der Waals surface area contributed by atoms with Gasteiger partial charge in [-0.3, -0.25) is 14.9 Å². The minimum Gasteiger partial charge on any atom is -0.273 e. The molecule has 0 saturated carbocycles. The first kappa shape index (κ1) is 20.9. The zero-order chi connectivity index (χ0) is 22.0. The Bertz CT molecular complexity index is 1200. The molecule has 0 bridgehead atoms. The number of urea groups is 1. The maximum absolute atomic E-state index is 13.0. The van der Waals surface area contributed by atoms with E-state index in [1.54, 1.807) is 36.9 Å². The van der Waals surface area contributed by atoms with Gasteiger partial charge in [0.05, 0.1) is 5.69 Å². The van der Waals surface area contributed by atoms with Gasteiger partial charge in [-0.2, -0.15) is 0 Å². The first-order valence-electron chi connectivity index (χ1n) is 9.43. The van der Waals surface area contributed by atoms with Crippen LogP contribution in [-0.4, -0.2) is 17.8 Å². The molecular weight excluding hydrogens is 432 g/mol. The van der Waals surface area contributed by atoms with E-state index in [1.807, 2.05) is 54.6 Å². The number of hydrogen-bond acceptors (Lipinski definition) is 4. The summed E-state index contributed by atoms with van der Waals surface area (Å²) in [4.78, 5) is 40.7. The molecule has 4 rings (SSSR count). The topological polar surface area (TPSA) is 66.5 Å². The average Bonchev–Trinajstić information content (AvgIpc) is 2.75. The van der Waals surface area contributed by atoms with Crippen LogP contribution in [0.3, 0.4) is 0 Å². The number of hydrogen-bond donors (Lipinski definition) is 1. The van der Waals surface area contributed by atoms with E-state index >= 15 is 0 Å². The first-order valence-corrected chi connectivity index (χ1v) is 10.6. The van der Waals surface area contributed by atoms with Gasteiger partial charge in [0.2, 0.25) is 0 Å². The molecule has 7 heteroatoms. The first-order chi connectivity index (χ1) is 14.9. The summed E-state index contributed by atoms with van der Waals surface area (Å²) in [5.74, 6) is -1.36. The molecule has 5 nitrogen and oxygen atoms in total. The highest BCUT2D eigenvalue weighted by atomic mass is 35.5. The normalized spacial score (nSPS) is 15.4. The summed E-state index contributed by atoms with van der Waals surface area (Å²) in [5, 5.41) is 2.93. The van der Waals surface area contributed by atoms with Crippen LogP contribution in [0.2, 0.25) is 5.02 Å². The van der Waals surface area contributed by atoms with Gasteiger partial charge in [-0.25, -0.2) is 9.69 Å². The van der Waals surface area contributed by atoms with Crippen LogP contribution in [-0.2, 0) is 9.59 Å². The molecule has 0 unspecified atom stereocenters. The largest absolute Gasteiger partial charge is 0.335 e. The van der Waals surface area contributed by atoms with Gasteiger partial charge in [0.25, 0.3) is 11.8 Å². The fourth-order valence-electron chi connectivity index (χ4n) is 3.13. The number of benzene rings is 3. The van der Waals surface area contributed by atoms with Crippen molar-refractivity contribution in [3.63, 3.8) is 0 Å². The third-order valence-corrected chi connectivity index (χ3v) is 5.97. The third kappa shape index (κ3) is 4.55. The number of para-hydroxylation sites is 1. The molecule has 154 valence electrons. The van der Waals surface area contributed by atoms with Crippen molar-refractivity contribution in [1.29, 1.82) is 0 Å². The lowest BCUT2D eigenvalue weighted by atomic mass is 10.1. The van der Waals surface area contributed by atoms with Crippen molar-refractivity contribution in [2.75, 3.05) is 4.90 Å². The van der Waals surface area contributed by atoms with E-state index in [-0.39, 0.29) is 5.57 Å². The quantitative estimate of drug-likeness (QED) is 0.424. The lowest BCUT2D eigenvalue weighted by Crippen LogP contribution is -2.54. The average molecular weight is 449 g/mol. The van der Waals surface area contributed by atoms with Crippen molar-refractivity contribution in [2.24, 2.45) is 0 Å². The molecule has 0 radical (unpaired) electrons. The van der Waals surface area contributed by atoms with Crippen LogP contribution in [0.5, 0.6) is 0 Å². The standard InChI is InChI=1S/C24H17ClN2O3S/c1-15-4-2-3-5-21(15)27-23(29)20(22(28)26-24(27)30)14-16-6-10-18(11-7-16)31-19-12-8-17(25)9-13-19/h2-14H,1H3,(H,26,28,30)/b20-14+. The summed E-state index contributed by atoms with van der Waals surface area (Å²) in [6.07, 6.45) is 1.49.